The molecular weight excluding hydrogens is 463 g/mol. The van der Waals surface area contributed by atoms with Crippen molar-refractivity contribution in [2.24, 2.45) is 0 Å². The van der Waals surface area contributed by atoms with Gasteiger partial charge < -0.3 is 20.3 Å². The van der Waals surface area contributed by atoms with Gasteiger partial charge in [0.05, 0.1) is 27.7 Å². The molecule has 1 aliphatic heterocycles. The minimum absolute atomic E-state index is 0.179. The minimum atomic E-state index is 0.179. The van der Waals surface area contributed by atoms with Gasteiger partial charge >= 0.3 is 0 Å². The van der Waals surface area contributed by atoms with Crippen molar-refractivity contribution in [3.63, 3.8) is 0 Å². The van der Waals surface area contributed by atoms with Gasteiger partial charge in [0.1, 0.15) is 29.3 Å². The number of halogens is 2. The molecule has 0 amide bonds. The summed E-state index contributed by atoms with van der Waals surface area (Å²) in [4.78, 5) is 25.7. The van der Waals surface area contributed by atoms with E-state index < -0.39 is 0 Å². The van der Waals surface area contributed by atoms with Crippen molar-refractivity contribution in [3.05, 3.63) is 52.9 Å². The van der Waals surface area contributed by atoms with Crippen LogP contribution in [0.4, 0.5) is 17.5 Å². The van der Waals surface area contributed by atoms with Gasteiger partial charge in [0.15, 0.2) is 5.82 Å². The van der Waals surface area contributed by atoms with Gasteiger partial charge in [0.25, 0.3) is 0 Å². The third-order valence-electron chi connectivity index (χ3n) is 5.62. The van der Waals surface area contributed by atoms with Crippen molar-refractivity contribution in [1.82, 2.24) is 29.8 Å². The molecule has 0 unspecified atom stereocenters. The highest BCUT2D eigenvalue weighted by Gasteiger charge is 2.19. The number of aliphatic hydroxyl groups is 1. The summed E-state index contributed by atoms with van der Waals surface area (Å²) in [5, 5.41) is 13.5. The Hall–Kier alpha value is -2.98. The molecule has 0 spiro atoms. The van der Waals surface area contributed by atoms with Gasteiger partial charge in [-0.15, -0.1) is 0 Å². The Bertz CT molecular complexity index is 1250. The fraction of sp³-hybridized carbons (Fsp3) is 0.273. The predicted octanol–water partition coefficient (Wildman–Crippen LogP) is 3.58. The van der Waals surface area contributed by atoms with Crippen molar-refractivity contribution < 1.29 is 5.11 Å². The molecule has 33 heavy (non-hydrogen) atoms. The smallest absolute Gasteiger partial charge is 0.157 e. The number of nitrogens with one attached hydrogen (secondary N) is 2. The van der Waals surface area contributed by atoms with Gasteiger partial charge in [0, 0.05) is 45.0 Å². The second-order valence-corrected chi connectivity index (χ2v) is 8.49. The minimum Gasteiger partial charge on any atom is -0.395 e. The molecule has 3 N–H and O–H groups in total. The van der Waals surface area contributed by atoms with Gasteiger partial charge in [-0.3, -0.25) is 4.90 Å². The largest absolute Gasteiger partial charge is 0.395 e. The Kier molecular flexibility index (Phi) is 6.28. The second-order valence-electron chi connectivity index (χ2n) is 7.67. The number of fused-ring (bicyclic) bond motifs is 1. The Morgan fingerprint density at radius 3 is 2.58 bits per heavy atom. The summed E-state index contributed by atoms with van der Waals surface area (Å²) in [5.41, 5.74) is 2.10. The van der Waals surface area contributed by atoms with E-state index in [2.05, 4.69) is 40.0 Å². The lowest BCUT2D eigenvalue weighted by molar-refractivity contribution is 0.188. The number of rotatable bonds is 6. The van der Waals surface area contributed by atoms with Crippen molar-refractivity contribution >= 4 is 51.7 Å². The van der Waals surface area contributed by atoms with Gasteiger partial charge in [-0.1, -0.05) is 29.3 Å². The number of H-pyrrole nitrogens is 1. The van der Waals surface area contributed by atoms with Crippen molar-refractivity contribution in [2.45, 2.75) is 0 Å². The molecule has 1 aliphatic rings. The maximum absolute atomic E-state index is 9.14. The maximum atomic E-state index is 9.14. The summed E-state index contributed by atoms with van der Waals surface area (Å²) in [6.45, 7) is 4.33. The second kappa shape index (κ2) is 9.48. The Labute approximate surface area is 200 Å². The first-order valence-corrected chi connectivity index (χ1v) is 11.3. The summed E-state index contributed by atoms with van der Waals surface area (Å²) in [6, 6.07) is 9.08. The van der Waals surface area contributed by atoms with E-state index in [1.54, 1.807) is 30.7 Å². The first kappa shape index (κ1) is 21.8. The molecule has 1 saturated heterocycles. The maximum Gasteiger partial charge on any atom is 0.157 e. The van der Waals surface area contributed by atoms with E-state index in [1.807, 2.05) is 12.1 Å². The molecule has 9 nitrogen and oxygen atoms in total. The number of imidazole rings is 1. The number of anilines is 3. The number of hydrogen-bond donors (Lipinski definition) is 3. The molecule has 0 aliphatic carbocycles. The molecule has 11 heteroatoms. The highest BCUT2D eigenvalue weighted by molar-refractivity contribution is 6.39. The van der Waals surface area contributed by atoms with Crippen LogP contribution in [0.25, 0.3) is 22.4 Å². The lowest BCUT2D eigenvalue weighted by Gasteiger charge is -2.35. The lowest BCUT2D eigenvalue weighted by atomic mass is 10.2. The number of aromatic amines is 1. The monoisotopic (exact) mass is 484 g/mol. The first-order valence-electron chi connectivity index (χ1n) is 10.6. The van der Waals surface area contributed by atoms with Crippen LogP contribution in [0.1, 0.15) is 0 Å². The number of aliphatic hydroxyl groups excluding tert-OH is 1. The van der Waals surface area contributed by atoms with E-state index in [0.29, 0.717) is 39.6 Å². The highest BCUT2D eigenvalue weighted by atomic mass is 35.5. The fourth-order valence-electron chi connectivity index (χ4n) is 3.92. The summed E-state index contributed by atoms with van der Waals surface area (Å²) >= 11 is 12.7. The molecule has 1 aromatic carbocycles. The van der Waals surface area contributed by atoms with Crippen LogP contribution in [0.2, 0.25) is 10.0 Å². The number of benzene rings is 1. The number of pyridine rings is 1. The van der Waals surface area contributed by atoms with E-state index in [9.17, 15) is 0 Å². The van der Waals surface area contributed by atoms with Crippen LogP contribution in [0.15, 0.2) is 42.9 Å². The van der Waals surface area contributed by atoms with Crippen LogP contribution < -0.4 is 10.2 Å². The molecule has 0 saturated carbocycles. The van der Waals surface area contributed by atoms with Crippen molar-refractivity contribution in [3.8, 4) is 11.4 Å². The quantitative estimate of drug-likeness (QED) is 0.381. The summed E-state index contributed by atoms with van der Waals surface area (Å²) in [5.74, 6) is 2.63. The van der Waals surface area contributed by atoms with E-state index in [0.717, 1.165) is 43.0 Å². The first-order chi connectivity index (χ1) is 16.1. The average Bonchev–Trinajstić information content (AvgIpc) is 3.25. The predicted molar refractivity (Wildman–Crippen MR) is 130 cm³/mol. The molecule has 1 fully saturated rings. The third kappa shape index (κ3) is 4.58. The summed E-state index contributed by atoms with van der Waals surface area (Å²) < 4.78 is 0. The molecule has 170 valence electrons. The van der Waals surface area contributed by atoms with Crippen LogP contribution in [0.3, 0.4) is 0 Å². The zero-order valence-electron chi connectivity index (χ0n) is 17.7. The zero-order chi connectivity index (χ0) is 22.8. The normalized spacial score (nSPS) is 14.7. The molecule has 0 bridgehead atoms. The topological polar surface area (TPSA) is 106 Å². The molecule has 4 heterocycles. The van der Waals surface area contributed by atoms with Crippen LogP contribution >= 0.6 is 23.2 Å². The number of β-amino-alcohol motifs (C(OH)–C–C–N with tert-alkyl or cyclic N) is 1. The van der Waals surface area contributed by atoms with Gasteiger partial charge in [-0.25, -0.2) is 19.9 Å². The third-order valence-corrected chi connectivity index (χ3v) is 6.25. The molecule has 5 rings (SSSR count). The van der Waals surface area contributed by atoms with Gasteiger partial charge in [-0.05, 0) is 18.2 Å². The summed E-state index contributed by atoms with van der Waals surface area (Å²) in [6.07, 6.45) is 3.23. The van der Waals surface area contributed by atoms with Gasteiger partial charge in [-0.2, -0.15) is 0 Å². The Balaban J connectivity index is 1.40. The van der Waals surface area contributed by atoms with Gasteiger partial charge in [0.2, 0.25) is 0 Å². The molecule has 3 aromatic heterocycles. The molecular formula is C22H22Cl2N8O. The van der Waals surface area contributed by atoms with E-state index in [-0.39, 0.29) is 6.61 Å². The van der Waals surface area contributed by atoms with E-state index in [1.165, 1.54) is 0 Å². The SMILES string of the molecule is OCCN1CCN(c2cc(Nc3nccc4nc(-c5c(Cl)cccc5Cl)[nH]c34)ncn2)CC1. The fourth-order valence-corrected chi connectivity index (χ4v) is 4.50. The standard InChI is InChI=1S/C22H22Cl2N8O/c23-14-2-1-3-15(24)19(14)21-28-16-4-5-25-22(20(16)30-21)29-17-12-18(27-13-26-17)32-8-6-31(7-9-32)10-11-33/h1-5,12-13,33H,6-11H2,(H,28,30)(H,25,26,27,29). The van der Waals surface area contributed by atoms with Crippen molar-refractivity contribution in [2.75, 3.05) is 49.5 Å². The van der Waals surface area contributed by atoms with E-state index >= 15 is 0 Å². The number of aromatic nitrogens is 5. The Morgan fingerprint density at radius 2 is 1.82 bits per heavy atom. The molecule has 0 radical (unpaired) electrons. The number of hydrogen-bond acceptors (Lipinski definition) is 8. The zero-order valence-corrected chi connectivity index (χ0v) is 19.2. The Morgan fingerprint density at radius 1 is 1.03 bits per heavy atom. The summed E-state index contributed by atoms with van der Waals surface area (Å²) in [7, 11) is 0. The van der Waals surface area contributed by atoms with E-state index in [4.69, 9.17) is 28.3 Å². The highest BCUT2D eigenvalue weighted by Crippen LogP contribution is 2.35. The number of piperazine rings is 1. The van der Waals surface area contributed by atoms with Crippen LogP contribution in [-0.2, 0) is 0 Å². The van der Waals surface area contributed by atoms with Crippen LogP contribution in [0.5, 0.6) is 0 Å². The molecule has 4 aromatic rings. The average molecular weight is 485 g/mol. The van der Waals surface area contributed by atoms with Crippen LogP contribution in [-0.4, -0.2) is 74.3 Å². The molecule has 0 atom stereocenters. The van der Waals surface area contributed by atoms with Crippen molar-refractivity contribution in [1.29, 1.82) is 0 Å². The lowest BCUT2D eigenvalue weighted by Crippen LogP contribution is -2.47. The number of nitrogens with zero attached hydrogens (tertiary/aromatic N) is 6. The van der Waals surface area contributed by atoms with Crippen LogP contribution in [0, 0.1) is 0 Å².